The summed E-state index contributed by atoms with van der Waals surface area (Å²) in [6.45, 7) is 0.779. The molecule has 0 saturated carbocycles. The number of ether oxygens (including phenoxy) is 3. The molecule has 0 spiro atoms. The Morgan fingerprint density at radius 1 is 1.17 bits per heavy atom. The molecule has 2 aromatic rings. The van der Waals surface area contributed by atoms with E-state index in [-0.39, 0.29) is 12.5 Å². The van der Waals surface area contributed by atoms with E-state index in [9.17, 15) is 9.59 Å². The number of amides is 1. The van der Waals surface area contributed by atoms with E-state index in [1.807, 2.05) is 0 Å². The Hall–Kier alpha value is -2.54. The molecule has 6 nitrogen and oxygen atoms in total. The fourth-order valence-electron chi connectivity index (χ4n) is 2.20. The van der Waals surface area contributed by atoms with Crippen LogP contribution in [0.25, 0.3) is 0 Å². The lowest BCUT2D eigenvalue weighted by molar-refractivity contribution is -0.118. The maximum Gasteiger partial charge on any atom is 0.262 e. The second-order valence-electron chi connectivity index (χ2n) is 5.00. The van der Waals surface area contributed by atoms with Crippen LogP contribution in [0, 0.1) is 0 Å². The average Bonchev–Trinajstić information content (AvgIpc) is 2.60. The van der Waals surface area contributed by atoms with Gasteiger partial charge in [-0.25, -0.2) is 0 Å². The number of halogens is 1. The Balaban J connectivity index is 1.61. The molecule has 0 atom stereocenters. The lowest BCUT2D eigenvalue weighted by Gasteiger charge is -2.19. The maximum atomic E-state index is 12.0. The minimum Gasteiger partial charge on any atom is -0.486 e. The van der Waals surface area contributed by atoms with Gasteiger partial charge in [-0.15, -0.1) is 0 Å². The van der Waals surface area contributed by atoms with Crippen molar-refractivity contribution in [2.24, 2.45) is 0 Å². The van der Waals surface area contributed by atoms with Crippen LogP contribution >= 0.6 is 15.9 Å². The Bertz CT molecular complexity index is 778. The van der Waals surface area contributed by atoms with E-state index in [1.165, 1.54) is 0 Å². The normalized spacial score (nSPS) is 12.4. The maximum absolute atomic E-state index is 12.0. The molecule has 1 heterocycles. The zero-order chi connectivity index (χ0) is 16.9. The van der Waals surface area contributed by atoms with Gasteiger partial charge in [0.05, 0.1) is 5.56 Å². The van der Waals surface area contributed by atoms with Crippen LogP contribution in [0.1, 0.15) is 10.4 Å². The van der Waals surface area contributed by atoms with Crippen LogP contribution in [0.15, 0.2) is 40.9 Å². The number of carbonyl (C=O) groups is 2. The van der Waals surface area contributed by atoms with E-state index in [0.29, 0.717) is 48.0 Å². The van der Waals surface area contributed by atoms with Crippen LogP contribution in [0.4, 0.5) is 5.69 Å². The molecule has 1 aliphatic heterocycles. The van der Waals surface area contributed by atoms with Crippen LogP contribution in [0.5, 0.6) is 17.2 Å². The number of rotatable bonds is 5. The lowest BCUT2D eigenvalue weighted by atomic mass is 10.2. The quantitative estimate of drug-likeness (QED) is 0.792. The minimum atomic E-state index is -0.341. The highest BCUT2D eigenvalue weighted by molar-refractivity contribution is 9.10. The van der Waals surface area contributed by atoms with E-state index in [2.05, 4.69) is 21.2 Å². The summed E-state index contributed by atoms with van der Waals surface area (Å²) in [5.41, 5.74) is 0.954. The summed E-state index contributed by atoms with van der Waals surface area (Å²) in [5.74, 6) is 1.26. The number of hydrogen-bond donors (Lipinski definition) is 1. The molecule has 124 valence electrons. The van der Waals surface area contributed by atoms with Crippen molar-refractivity contribution in [3.63, 3.8) is 0 Å². The van der Waals surface area contributed by atoms with Gasteiger partial charge < -0.3 is 19.5 Å². The SMILES string of the molecule is O=Cc1cc(Br)ccc1OCC(=O)Nc1ccc2c(c1)OCCO2. The number of benzene rings is 2. The number of hydrogen-bond acceptors (Lipinski definition) is 5. The van der Waals surface area contributed by atoms with Gasteiger partial charge in [-0.05, 0) is 30.3 Å². The van der Waals surface area contributed by atoms with Crippen LogP contribution < -0.4 is 19.5 Å². The summed E-state index contributed by atoms with van der Waals surface area (Å²) >= 11 is 3.28. The van der Waals surface area contributed by atoms with E-state index >= 15 is 0 Å². The van der Waals surface area contributed by atoms with Crippen molar-refractivity contribution >= 4 is 33.8 Å². The molecule has 0 radical (unpaired) electrons. The molecule has 1 N–H and O–H groups in total. The van der Waals surface area contributed by atoms with Gasteiger partial charge in [0.15, 0.2) is 24.4 Å². The summed E-state index contributed by atoms with van der Waals surface area (Å²) in [7, 11) is 0. The number of fused-ring (bicyclic) bond motifs is 1. The van der Waals surface area contributed by atoms with Crippen molar-refractivity contribution in [2.45, 2.75) is 0 Å². The fraction of sp³-hybridized carbons (Fsp3) is 0.176. The van der Waals surface area contributed by atoms with Crippen molar-refractivity contribution in [1.82, 2.24) is 0 Å². The zero-order valence-electron chi connectivity index (χ0n) is 12.6. The molecule has 0 unspecified atom stereocenters. The van der Waals surface area contributed by atoms with Gasteiger partial charge in [0.2, 0.25) is 0 Å². The number of carbonyl (C=O) groups excluding carboxylic acids is 2. The van der Waals surface area contributed by atoms with Crippen LogP contribution in [-0.4, -0.2) is 32.0 Å². The highest BCUT2D eigenvalue weighted by Crippen LogP contribution is 2.32. The third kappa shape index (κ3) is 3.86. The van der Waals surface area contributed by atoms with Gasteiger partial charge in [-0.2, -0.15) is 0 Å². The third-order valence-corrected chi connectivity index (χ3v) is 3.78. The summed E-state index contributed by atoms with van der Waals surface area (Å²) in [6.07, 6.45) is 0.679. The van der Waals surface area contributed by atoms with Crippen LogP contribution in [0.3, 0.4) is 0 Å². The lowest BCUT2D eigenvalue weighted by Crippen LogP contribution is -2.21. The van der Waals surface area contributed by atoms with Gasteiger partial charge in [-0.1, -0.05) is 15.9 Å². The first kappa shape index (κ1) is 16.3. The topological polar surface area (TPSA) is 73.9 Å². The number of nitrogens with one attached hydrogen (secondary N) is 1. The molecule has 2 aromatic carbocycles. The van der Waals surface area contributed by atoms with Gasteiger partial charge in [0, 0.05) is 16.2 Å². The highest BCUT2D eigenvalue weighted by atomic mass is 79.9. The van der Waals surface area contributed by atoms with Crippen molar-refractivity contribution < 1.29 is 23.8 Å². The van der Waals surface area contributed by atoms with Crippen LogP contribution in [-0.2, 0) is 4.79 Å². The zero-order valence-corrected chi connectivity index (χ0v) is 14.2. The summed E-state index contributed by atoms with van der Waals surface area (Å²) < 4.78 is 17.1. The van der Waals surface area contributed by atoms with Crippen molar-refractivity contribution in [3.8, 4) is 17.2 Å². The molecule has 0 bridgehead atoms. The van der Waals surface area contributed by atoms with E-state index in [4.69, 9.17) is 14.2 Å². The molecule has 1 aliphatic rings. The molecule has 0 aliphatic carbocycles. The Morgan fingerprint density at radius 3 is 2.75 bits per heavy atom. The van der Waals surface area contributed by atoms with E-state index in [0.717, 1.165) is 4.47 Å². The summed E-state index contributed by atoms with van der Waals surface area (Å²) in [6, 6.07) is 10.2. The van der Waals surface area contributed by atoms with E-state index < -0.39 is 0 Å². The molecule has 0 saturated heterocycles. The van der Waals surface area contributed by atoms with Gasteiger partial charge in [-0.3, -0.25) is 9.59 Å². The minimum absolute atomic E-state index is 0.211. The summed E-state index contributed by atoms with van der Waals surface area (Å²) in [5, 5.41) is 2.71. The molecule has 0 aromatic heterocycles. The first-order valence-electron chi connectivity index (χ1n) is 7.23. The molecular weight excluding hydrogens is 378 g/mol. The molecule has 7 heteroatoms. The van der Waals surface area contributed by atoms with Crippen molar-refractivity contribution in [2.75, 3.05) is 25.1 Å². The third-order valence-electron chi connectivity index (χ3n) is 3.28. The number of anilines is 1. The molecule has 3 rings (SSSR count). The Morgan fingerprint density at radius 2 is 1.96 bits per heavy atom. The van der Waals surface area contributed by atoms with E-state index in [1.54, 1.807) is 36.4 Å². The predicted molar refractivity (Wildman–Crippen MR) is 91.1 cm³/mol. The molecule has 24 heavy (non-hydrogen) atoms. The fourth-order valence-corrected chi connectivity index (χ4v) is 2.58. The van der Waals surface area contributed by atoms with Gasteiger partial charge in [0.25, 0.3) is 5.91 Å². The smallest absolute Gasteiger partial charge is 0.262 e. The highest BCUT2D eigenvalue weighted by Gasteiger charge is 2.13. The average molecular weight is 392 g/mol. The van der Waals surface area contributed by atoms with Gasteiger partial charge in [0.1, 0.15) is 19.0 Å². The second-order valence-corrected chi connectivity index (χ2v) is 5.91. The largest absolute Gasteiger partial charge is 0.486 e. The first-order valence-corrected chi connectivity index (χ1v) is 8.02. The monoisotopic (exact) mass is 391 g/mol. The second kappa shape index (κ2) is 7.35. The first-order chi connectivity index (χ1) is 11.7. The Kier molecular flexibility index (Phi) is 5.00. The molecule has 1 amide bonds. The molecule has 0 fully saturated rings. The predicted octanol–water partition coefficient (Wildman–Crippen LogP) is 3.05. The van der Waals surface area contributed by atoms with Gasteiger partial charge >= 0.3 is 0 Å². The Labute approximate surface area is 146 Å². The number of aldehydes is 1. The summed E-state index contributed by atoms with van der Waals surface area (Å²) in [4.78, 5) is 23.0. The molecular formula is C17H14BrNO5. The van der Waals surface area contributed by atoms with Crippen LogP contribution in [0.2, 0.25) is 0 Å². The van der Waals surface area contributed by atoms with Crippen molar-refractivity contribution in [1.29, 1.82) is 0 Å². The standard InChI is InChI=1S/C17H14BrNO5/c18-12-1-3-14(11(7-12)9-20)24-10-17(21)19-13-2-4-15-16(8-13)23-6-5-22-15/h1-4,7-9H,5-6,10H2,(H,19,21). The van der Waals surface area contributed by atoms with Crippen molar-refractivity contribution in [3.05, 3.63) is 46.4 Å².